The number of imide groups is 1. The lowest BCUT2D eigenvalue weighted by atomic mass is 10.1. The lowest BCUT2D eigenvalue weighted by Crippen LogP contribution is -2.39. The standard InChI is InChI=1S/C20H20N2O6/c1-11-4-5-12(2)18(13(11)3)28-10-15(23)9-21-19(24)16-7-6-14(22(26)27)8-17(16)20(21)25/h4-8,15,23H,9-10H2,1-3H3/t15-/m1/s1. The van der Waals surface area contributed by atoms with Crippen molar-refractivity contribution in [2.75, 3.05) is 13.2 Å². The Morgan fingerprint density at radius 1 is 1.07 bits per heavy atom. The summed E-state index contributed by atoms with van der Waals surface area (Å²) in [6, 6.07) is 7.41. The molecule has 146 valence electrons. The lowest BCUT2D eigenvalue weighted by molar-refractivity contribution is -0.384. The summed E-state index contributed by atoms with van der Waals surface area (Å²) in [6.07, 6.45) is -1.10. The summed E-state index contributed by atoms with van der Waals surface area (Å²) in [5.41, 5.74) is 2.73. The van der Waals surface area contributed by atoms with Crippen LogP contribution in [-0.4, -0.2) is 46.0 Å². The van der Waals surface area contributed by atoms with Gasteiger partial charge in [-0.05, 0) is 43.5 Å². The molecule has 8 nitrogen and oxygen atoms in total. The Balaban J connectivity index is 1.70. The Morgan fingerprint density at radius 2 is 1.71 bits per heavy atom. The quantitative estimate of drug-likeness (QED) is 0.466. The molecule has 0 unspecified atom stereocenters. The maximum atomic E-state index is 12.5. The van der Waals surface area contributed by atoms with Crippen molar-refractivity contribution in [2.24, 2.45) is 0 Å². The molecule has 3 rings (SSSR count). The predicted molar refractivity (Wildman–Crippen MR) is 101 cm³/mol. The third-order valence-electron chi connectivity index (χ3n) is 4.85. The van der Waals surface area contributed by atoms with Crippen LogP contribution in [0, 0.1) is 30.9 Å². The maximum Gasteiger partial charge on any atom is 0.270 e. The van der Waals surface area contributed by atoms with E-state index < -0.39 is 22.8 Å². The molecule has 0 saturated heterocycles. The Bertz CT molecular complexity index is 985. The van der Waals surface area contributed by atoms with E-state index in [2.05, 4.69) is 0 Å². The zero-order valence-corrected chi connectivity index (χ0v) is 15.8. The number of hydrogen-bond donors (Lipinski definition) is 1. The SMILES string of the molecule is Cc1ccc(C)c(OC[C@H](O)CN2C(=O)c3ccc([N+](=O)[O-])cc3C2=O)c1C. The van der Waals surface area contributed by atoms with Crippen molar-refractivity contribution in [1.29, 1.82) is 0 Å². The van der Waals surface area contributed by atoms with Gasteiger partial charge >= 0.3 is 0 Å². The molecule has 2 aromatic carbocycles. The second-order valence-electron chi connectivity index (χ2n) is 6.83. The molecule has 0 radical (unpaired) electrons. The van der Waals surface area contributed by atoms with E-state index in [0.717, 1.165) is 27.7 Å². The van der Waals surface area contributed by atoms with E-state index in [1.165, 1.54) is 12.1 Å². The fourth-order valence-corrected chi connectivity index (χ4v) is 3.15. The highest BCUT2D eigenvalue weighted by atomic mass is 16.6. The molecule has 0 aromatic heterocycles. The third kappa shape index (κ3) is 3.46. The van der Waals surface area contributed by atoms with Crippen LogP contribution in [0.2, 0.25) is 0 Å². The van der Waals surface area contributed by atoms with Crippen LogP contribution in [-0.2, 0) is 0 Å². The van der Waals surface area contributed by atoms with Crippen molar-refractivity contribution in [1.82, 2.24) is 4.90 Å². The Labute approximate surface area is 161 Å². The van der Waals surface area contributed by atoms with Gasteiger partial charge in [0.05, 0.1) is 22.6 Å². The summed E-state index contributed by atoms with van der Waals surface area (Å²) in [5.74, 6) is -0.584. The Morgan fingerprint density at radius 3 is 2.39 bits per heavy atom. The van der Waals surface area contributed by atoms with Crippen LogP contribution < -0.4 is 4.74 Å². The van der Waals surface area contributed by atoms with E-state index in [-0.39, 0.29) is 30.0 Å². The number of aryl methyl sites for hydroxylation is 2. The minimum absolute atomic E-state index is 0.0299. The van der Waals surface area contributed by atoms with Crippen LogP contribution >= 0.6 is 0 Å². The summed E-state index contributed by atoms with van der Waals surface area (Å²) in [6.45, 7) is 5.41. The first-order valence-corrected chi connectivity index (χ1v) is 8.73. The summed E-state index contributed by atoms with van der Waals surface area (Å²) in [5, 5.41) is 21.2. The molecule has 2 amide bonds. The van der Waals surface area contributed by atoms with Gasteiger partial charge in [-0.15, -0.1) is 0 Å². The number of nitro benzene ring substituents is 1. The number of nitrogens with zero attached hydrogens (tertiary/aromatic N) is 2. The molecule has 1 atom stereocenters. The van der Waals surface area contributed by atoms with Crippen LogP contribution in [0.3, 0.4) is 0 Å². The van der Waals surface area contributed by atoms with E-state index in [4.69, 9.17) is 4.74 Å². The van der Waals surface area contributed by atoms with E-state index in [0.29, 0.717) is 5.75 Å². The number of aliphatic hydroxyl groups is 1. The topological polar surface area (TPSA) is 110 Å². The molecule has 0 aliphatic carbocycles. The Hall–Kier alpha value is -3.26. The van der Waals surface area contributed by atoms with Crippen LogP contribution in [0.4, 0.5) is 5.69 Å². The number of hydrogen-bond acceptors (Lipinski definition) is 6. The van der Waals surface area contributed by atoms with Crippen LogP contribution in [0.1, 0.15) is 37.4 Å². The number of rotatable bonds is 6. The molecule has 0 bridgehead atoms. The summed E-state index contributed by atoms with van der Waals surface area (Å²) in [7, 11) is 0. The predicted octanol–water partition coefficient (Wildman–Crippen LogP) is 2.56. The van der Waals surface area contributed by atoms with Crippen molar-refractivity contribution < 1.29 is 24.4 Å². The molecule has 2 aromatic rings. The second kappa shape index (κ2) is 7.40. The van der Waals surface area contributed by atoms with Gasteiger partial charge < -0.3 is 9.84 Å². The normalized spacial score (nSPS) is 14.2. The van der Waals surface area contributed by atoms with Crippen LogP contribution in [0.25, 0.3) is 0 Å². The highest BCUT2D eigenvalue weighted by molar-refractivity contribution is 6.21. The van der Waals surface area contributed by atoms with Gasteiger partial charge in [-0.25, -0.2) is 0 Å². The monoisotopic (exact) mass is 384 g/mol. The average molecular weight is 384 g/mol. The summed E-state index contributed by atoms with van der Waals surface area (Å²) in [4.78, 5) is 36.1. The molecule has 1 heterocycles. The van der Waals surface area contributed by atoms with Crippen LogP contribution in [0.5, 0.6) is 5.75 Å². The minimum atomic E-state index is -1.10. The number of nitro groups is 1. The van der Waals surface area contributed by atoms with Gasteiger partial charge in [0.2, 0.25) is 0 Å². The number of benzene rings is 2. The molecular formula is C20H20N2O6. The Kier molecular flexibility index (Phi) is 5.15. The number of ether oxygens (including phenoxy) is 1. The van der Waals surface area contributed by atoms with Crippen LogP contribution in [0.15, 0.2) is 30.3 Å². The smallest absolute Gasteiger partial charge is 0.270 e. The molecule has 0 spiro atoms. The maximum absolute atomic E-state index is 12.5. The van der Waals surface area contributed by atoms with Gasteiger partial charge in [0.1, 0.15) is 18.5 Å². The fourth-order valence-electron chi connectivity index (χ4n) is 3.15. The van der Waals surface area contributed by atoms with Gasteiger partial charge in [0.15, 0.2) is 0 Å². The van der Waals surface area contributed by atoms with Gasteiger partial charge in [0.25, 0.3) is 17.5 Å². The first kappa shape index (κ1) is 19.5. The van der Waals surface area contributed by atoms with Crippen molar-refractivity contribution in [2.45, 2.75) is 26.9 Å². The number of carbonyl (C=O) groups is 2. The van der Waals surface area contributed by atoms with E-state index in [1.54, 1.807) is 0 Å². The molecule has 8 heteroatoms. The van der Waals surface area contributed by atoms with E-state index in [1.807, 2.05) is 32.9 Å². The number of fused-ring (bicyclic) bond motifs is 1. The zero-order valence-electron chi connectivity index (χ0n) is 15.8. The average Bonchev–Trinajstić information content (AvgIpc) is 2.89. The molecular weight excluding hydrogens is 364 g/mol. The van der Waals surface area contributed by atoms with Crippen molar-refractivity contribution in [3.05, 3.63) is 68.3 Å². The minimum Gasteiger partial charge on any atom is -0.490 e. The molecule has 1 aliphatic rings. The van der Waals surface area contributed by atoms with Gasteiger partial charge in [-0.2, -0.15) is 0 Å². The molecule has 1 aliphatic heterocycles. The third-order valence-corrected chi connectivity index (χ3v) is 4.85. The van der Waals surface area contributed by atoms with Gasteiger partial charge in [0, 0.05) is 12.1 Å². The van der Waals surface area contributed by atoms with E-state index >= 15 is 0 Å². The molecule has 0 saturated carbocycles. The van der Waals surface area contributed by atoms with Crippen molar-refractivity contribution in [3.8, 4) is 5.75 Å². The number of carbonyl (C=O) groups excluding carboxylic acids is 2. The second-order valence-corrected chi connectivity index (χ2v) is 6.83. The number of aliphatic hydroxyl groups excluding tert-OH is 1. The number of amides is 2. The fraction of sp³-hybridized carbons (Fsp3) is 0.300. The summed E-state index contributed by atoms with van der Waals surface area (Å²) >= 11 is 0. The molecule has 0 fully saturated rings. The first-order valence-electron chi connectivity index (χ1n) is 8.73. The highest BCUT2D eigenvalue weighted by Crippen LogP contribution is 2.28. The van der Waals surface area contributed by atoms with E-state index in [9.17, 15) is 24.8 Å². The zero-order chi connectivity index (χ0) is 20.6. The van der Waals surface area contributed by atoms with Gasteiger partial charge in [-0.3, -0.25) is 24.6 Å². The largest absolute Gasteiger partial charge is 0.490 e. The van der Waals surface area contributed by atoms with Gasteiger partial charge in [-0.1, -0.05) is 12.1 Å². The number of non-ortho nitro benzene ring substituents is 1. The number of β-amino-alcohol motifs (C(OH)–C–C–N with tert-alkyl or cyclic N) is 1. The summed E-state index contributed by atoms with van der Waals surface area (Å²) < 4.78 is 5.73. The lowest BCUT2D eigenvalue weighted by Gasteiger charge is -2.20. The van der Waals surface area contributed by atoms with Crippen molar-refractivity contribution >= 4 is 17.5 Å². The molecule has 28 heavy (non-hydrogen) atoms. The first-order chi connectivity index (χ1) is 13.2. The molecule has 1 N–H and O–H groups in total. The van der Waals surface area contributed by atoms with Crippen molar-refractivity contribution in [3.63, 3.8) is 0 Å². The highest BCUT2D eigenvalue weighted by Gasteiger charge is 2.37.